The first kappa shape index (κ1) is 26.2. The maximum absolute atomic E-state index is 13.2. The molecule has 1 fully saturated rings. The predicted octanol–water partition coefficient (Wildman–Crippen LogP) is 6.33. The summed E-state index contributed by atoms with van der Waals surface area (Å²) in [4.78, 5) is 25.9. The van der Waals surface area contributed by atoms with Crippen molar-refractivity contribution in [1.29, 1.82) is 0 Å². The summed E-state index contributed by atoms with van der Waals surface area (Å²) < 4.78 is 6.82. The van der Waals surface area contributed by atoms with Crippen LogP contribution in [0.25, 0.3) is 0 Å². The van der Waals surface area contributed by atoms with Crippen LogP contribution in [0.2, 0.25) is 0 Å². The Morgan fingerprint density at radius 3 is 1.79 bits per heavy atom. The first-order chi connectivity index (χ1) is 19.2. The molecular formula is C33H33N3O3. The lowest BCUT2D eigenvalue weighted by atomic mass is 9.87. The number of hydrogen-bond acceptors (Lipinski definition) is 3. The van der Waals surface area contributed by atoms with Gasteiger partial charge in [-0.05, 0) is 54.7 Å². The molecule has 0 radical (unpaired) electrons. The van der Waals surface area contributed by atoms with Gasteiger partial charge in [0, 0.05) is 17.3 Å². The van der Waals surface area contributed by atoms with Gasteiger partial charge in [0.25, 0.3) is 5.91 Å². The zero-order chi connectivity index (χ0) is 26.9. The Bertz CT molecular complexity index is 1290. The lowest BCUT2D eigenvalue weighted by Gasteiger charge is -2.38. The highest BCUT2D eigenvalue weighted by Gasteiger charge is 2.35. The van der Waals surface area contributed by atoms with E-state index < -0.39 is 0 Å². The van der Waals surface area contributed by atoms with Crippen molar-refractivity contribution in [3.8, 4) is 0 Å². The number of hydrogen-bond donors (Lipinski definition) is 3. The molecule has 198 valence electrons. The van der Waals surface area contributed by atoms with E-state index in [2.05, 4.69) is 40.2 Å². The molecule has 0 aliphatic heterocycles. The number of nitrogens with one attached hydrogen (secondary N) is 3. The van der Waals surface area contributed by atoms with Crippen molar-refractivity contribution < 1.29 is 14.3 Å². The van der Waals surface area contributed by atoms with Crippen LogP contribution in [0.4, 0.5) is 10.5 Å². The summed E-state index contributed by atoms with van der Waals surface area (Å²) >= 11 is 0. The van der Waals surface area contributed by atoms with E-state index in [0.717, 1.165) is 23.2 Å². The minimum atomic E-state index is -0.289. The smallest absolute Gasteiger partial charge is 0.319 e. The second-order valence-corrected chi connectivity index (χ2v) is 9.80. The van der Waals surface area contributed by atoms with Crippen molar-refractivity contribution >= 4 is 17.6 Å². The summed E-state index contributed by atoms with van der Waals surface area (Å²) in [5, 5.41) is 9.19. The zero-order valence-electron chi connectivity index (χ0n) is 21.7. The molecule has 3 atom stereocenters. The third kappa shape index (κ3) is 7.12. The monoisotopic (exact) mass is 519 g/mol. The van der Waals surface area contributed by atoms with Crippen LogP contribution in [0, 0.1) is 0 Å². The van der Waals surface area contributed by atoms with Gasteiger partial charge in [0.15, 0.2) is 0 Å². The van der Waals surface area contributed by atoms with Crippen LogP contribution < -0.4 is 16.0 Å². The standard InChI is InChI=1S/C33H33N3O3/c37-32(26-17-9-3-10-18-26)36-29-23-28(35-33(38)34-27-19-11-4-12-20-27)21-22-30(29)39-31(24-13-5-1-6-14-24)25-15-7-2-8-16-25/h1-20,28-31H,21-23H2,(H,36,37)(H2,34,35,38). The molecule has 3 N–H and O–H groups in total. The van der Waals surface area contributed by atoms with Crippen LogP contribution in [0.5, 0.6) is 0 Å². The summed E-state index contributed by atoms with van der Waals surface area (Å²) in [5.41, 5.74) is 3.43. The summed E-state index contributed by atoms with van der Waals surface area (Å²) in [6.07, 6.45) is 1.46. The Balaban J connectivity index is 1.34. The fourth-order valence-electron chi connectivity index (χ4n) is 5.08. The maximum atomic E-state index is 13.2. The zero-order valence-corrected chi connectivity index (χ0v) is 21.7. The van der Waals surface area contributed by atoms with E-state index in [-0.39, 0.29) is 36.2 Å². The van der Waals surface area contributed by atoms with E-state index in [1.807, 2.05) is 84.9 Å². The van der Waals surface area contributed by atoms with Crippen molar-refractivity contribution in [2.24, 2.45) is 0 Å². The molecule has 4 aromatic rings. The van der Waals surface area contributed by atoms with E-state index in [0.29, 0.717) is 18.4 Å². The van der Waals surface area contributed by atoms with Crippen LogP contribution in [0.3, 0.4) is 0 Å². The average Bonchev–Trinajstić information content (AvgIpc) is 2.98. The molecule has 3 unspecified atom stereocenters. The number of urea groups is 1. The molecule has 5 rings (SSSR count). The van der Waals surface area contributed by atoms with E-state index in [1.165, 1.54) is 0 Å². The maximum Gasteiger partial charge on any atom is 0.319 e. The Kier molecular flexibility index (Phi) is 8.66. The second kappa shape index (κ2) is 12.9. The second-order valence-electron chi connectivity index (χ2n) is 9.80. The SMILES string of the molecule is O=C(Nc1ccccc1)NC1CCC(OC(c2ccccc2)c2ccccc2)C(NC(=O)c2ccccc2)C1. The van der Waals surface area contributed by atoms with Crippen molar-refractivity contribution in [3.05, 3.63) is 138 Å². The van der Waals surface area contributed by atoms with Crippen LogP contribution in [-0.4, -0.2) is 30.1 Å². The minimum Gasteiger partial charge on any atom is -0.363 e. The molecule has 0 saturated heterocycles. The highest BCUT2D eigenvalue weighted by Crippen LogP contribution is 2.32. The van der Waals surface area contributed by atoms with E-state index in [4.69, 9.17) is 4.74 Å². The van der Waals surface area contributed by atoms with E-state index in [1.54, 1.807) is 12.1 Å². The van der Waals surface area contributed by atoms with Gasteiger partial charge in [-0.3, -0.25) is 4.79 Å². The molecule has 6 heteroatoms. The summed E-state index contributed by atoms with van der Waals surface area (Å²) in [7, 11) is 0. The lowest BCUT2D eigenvalue weighted by Crippen LogP contribution is -2.53. The Morgan fingerprint density at radius 2 is 1.21 bits per heavy atom. The predicted molar refractivity (Wildman–Crippen MR) is 154 cm³/mol. The molecule has 0 bridgehead atoms. The van der Waals surface area contributed by atoms with Crippen molar-refractivity contribution in [1.82, 2.24) is 10.6 Å². The summed E-state index contributed by atoms with van der Waals surface area (Å²) in [6, 6.07) is 38.2. The summed E-state index contributed by atoms with van der Waals surface area (Å²) in [6.45, 7) is 0. The molecule has 0 heterocycles. The van der Waals surface area contributed by atoms with E-state index >= 15 is 0 Å². The normalized spacial score (nSPS) is 18.7. The molecule has 1 aliphatic carbocycles. The summed E-state index contributed by atoms with van der Waals surface area (Å²) in [5.74, 6) is -0.153. The van der Waals surface area contributed by atoms with Gasteiger partial charge in [-0.25, -0.2) is 4.79 Å². The third-order valence-electron chi connectivity index (χ3n) is 7.02. The largest absolute Gasteiger partial charge is 0.363 e. The molecule has 1 aliphatic rings. The highest BCUT2D eigenvalue weighted by atomic mass is 16.5. The lowest BCUT2D eigenvalue weighted by molar-refractivity contribution is -0.0336. The molecule has 0 spiro atoms. The van der Waals surface area contributed by atoms with Gasteiger partial charge < -0.3 is 20.7 Å². The molecule has 3 amide bonds. The van der Waals surface area contributed by atoms with Gasteiger partial charge in [0.05, 0.1) is 12.1 Å². The molecule has 6 nitrogen and oxygen atoms in total. The van der Waals surface area contributed by atoms with Gasteiger partial charge in [0.1, 0.15) is 6.10 Å². The first-order valence-corrected chi connectivity index (χ1v) is 13.4. The van der Waals surface area contributed by atoms with Gasteiger partial charge in [-0.2, -0.15) is 0 Å². The van der Waals surface area contributed by atoms with Crippen LogP contribution in [0.15, 0.2) is 121 Å². The average molecular weight is 520 g/mol. The molecule has 4 aromatic carbocycles. The van der Waals surface area contributed by atoms with Crippen molar-refractivity contribution in [2.45, 2.75) is 43.6 Å². The van der Waals surface area contributed by atoms with E-state index in [9.17, 15) is 9.59 Å². The Hall–Kier alpha value is -4.42. The van der Waals surface area contributed by atoms with Gasteiger partial charge in [0.2, 0.25) is 0 Å². The molecule has 1 saturated carbocycles. The highest BCUT2D eigenvalue weighted by molar-refractivity contribution is 5.94. The number of benzene rings is 4. The number of amides is 3. The molecule has 39 heavy (non-hydrogen) atoms. The molecular weight excluding hydrogens is 486 g/mol. The van der Waals surface area contributed by atoms with Gasteiger partial charge >= 0.3 is 6.03 Å². The first-order valence-electron chi connectivity index (χ1n) is 13.4. The minimum absolute atomic E-state index is 0.110. The van der Waals surface area contributed by atoms with Crippen LogP contribution in [-0.2, 0) is 4.74 Å². The van der Waals surface area contributed by atoms with Crippen LogP contribution in [0.1, 0.15) is 46.9 Å². The quantitative estimate of drug-likeness (QED) is 0.254. The fraction of sp³-hybridized carbons (Fsp3) is 0.212. The number of carbonyl (C=O) groups excluding carboxylic acids is 2. The number of ether oxygens (including phenoxy) is 1. The van der Waals surface area contributed by atoms with Gasteiger partial charge in [-0.1, -0.05) is 97.1 Å². The van der Waals surface area contributed by atoms with Crippen molar-refractivity contribution in [2.75, 3.05) is 5.32 Å². The Morgan fingerprint density at radius 1 is 0.667 bits per heavy atom. The topological polar surface area (TPSA) is 79.5 Å². The van der Waals surface area contributed by atoms with Crippen LogP contribution >= 0.6 is 0 Å². The number of rotatable bonds is 8. The fourth-order valence-corrected chi connectivity index (χ4v) is 5.08. The van der Waals surface area contributed by atoms with Crippen molar-refractivity contribution in [3.63, 3.8) is 0 Å². The number of carbonyl (C=O) groups is 2. The molecule has 0 aromatic heterocycles. The van der Waals surface area contributed by atoms with Gasteiger partial charge in [-0.15, -0.1) is 0 Å². The third-order valence-corrected chi connectivity index (χ3v) is 7.02. The number of anilines is 1. The number of para-hydroxylation sites is 1. The Labute approximate surface area is 229 Å².